The first-order chi connectivity index (χ1) is 23.3. The van der Waals surface area contributed by atoms with Crippen LogP contribution in [0.5, 0.6) is 11.5 Å². The van der Waals surface area contributed by atoms with Crippen LogP contribution in [0, 0.1) is 0 Å². The SMILES string of the molecule is O=C(N[C@@H](Cc1ccc(Cl)cc1)C(=O)N1CCC(c2ccccc2CN2CCCCC2=O)CC1)c1cc(=O)c2cc3c(cc2o1)OCO3. The molecule has 11 heteroatoms. The molecule has 0 aliphatic carbocycles. The summed E-state index contributed by atoms with van der Waals surface area (Å²) in [6.45, 7) is 2.47. The van der Waals surface area contributed by atoms with Crippen LogP contribution in [0.2, 0.25) is 5.02 Å². The highest BCUT2D eigenvalue weighted by Gasteiger charge is 2.32. The molecule has 0 radical (unpaired) electrons. The Morgan fingerprint density at radius 2 is 1.67 bits per heavy atom. The minimum absolute atomic E-state index is 0.0328. The van der Waals surface area contributed by atoms with Gasteiger partial charge < -0.3 is 29.0 Å². The molecule has 4 heterocycles. The number of hydrogen-bond acceptors (Lipinski definition) is 7. The van der Waals surface area contributed by atoms with Crippen LogP contribution in [-0.4, -0.2) is 60.0 Å². The predicted octanol–water partition coefficient (Wildman–Crippen LogP) is 5.43. The Morgan fingerprint density at radius 3 is 2.44 bits per heavy atom. The summed E-state index contributed by atoms with van der Waals surface area (Å²) in [5, 5.41) is 3.68. The molecule has 3 aliphatic heterocycles. The molecule has 4 aromatic rings. The van der Waals surface area contributed by atoms with Gasteiger partial charge in [0.15, 0.2) is 22.7 Å². The zero-order valence-corrected chi connectivity index (χ0v) is 27.2. The van der Waals surface area contributed by atoms with E-state index in [1.54, 1.807) is 17.0 Å². The zero-order valence-electron chi connectivity index (χ0n) is 26.4. The van der Waals surface area contributed by atoms with E-state index in [0.717, 1.165) is 49.4 Å². The van der Waals surface area contributed by atoms with Crippen LogP contribution in [0.4, 0.5) is 0 Å². The van der Waals surface area contributed by atoms with E-state index in [1.807, 2.05) is 29.2 Å². The van der Waals surface area contributed by atoms with E-state index in [4.69, 9.17) is 25.5 Å². The van der Waals surface area contributed by atoms with Crippen molar-refractivity contribution in [1.29, 1.82) is 0 Å². The molecule has 1 atom stereocenters. The standard InChI is InChI=1S/C37H36ClN3O7/c38-26-10-8-23(9-11-26)17-29(39-36(44)34-19-30(42)28-18-32-33(47-22-46-32)20-31(28)48-34)37(45)40-15-12-24(13-16-40)27-6-2-1-5-25(27)21-41-14-4-3-7-35(41)43/h1-2,5-6,8-11,18-20,24,29H,3-4,7,12-17,21-22H2,(H,39,44)/t29-/m0/s1. The van der Waals surface area contributed by atoms with Gasteiger partial charge in [-0.25, -0.2) is 0 Å². The van der Waals surface area contributed by atoms with Crippen LogP contribution in [0.1, 0.15) is 65.3 Å². The minimum atomic E-state index is -0.912. The fraction of sp³-hybridized carbons (Fsp3) is 0.351. The maximum absolute atomic E-state index is 14.1. The summed E-state index contributed by atoms with van der Waals surface area (Å²) in [5.74, 6) is 0.223. The lowest BCUT2D eigenvalue weighted by atomic mass is 9.86. The van der Waals surface area contributed by atoms with Crippen LogP contribution < -0.4 is 20.2 Å². The van der Waals surface area contributed by atoms with Crippen molar-refractivity contribution in [1.82, 2.24) is 15.1 Å². The molecule has 3 amide bonds. The van der Waals surface area contributed by atoms with Crippen molar-refractivity contribution < 1.29 is 28.3 Å². The third kappa shape index (κ3) is 6.75. The van der Waals surface area contributed by atoms with Gasteiger partial charge in [-0.05, 0) is 66.5 Å². The average molecular weight is 670 g/mol. The Hall–Kier alpha value is -4.83. The molecule has 0 spiro atoms. The fourth-order valence-electron chi connectivity index (χ4n) is 6.88. The lowest BCUT2D eigenvalue weighted by Crippen LogP contribution is -2.51. The molecule has 48 heavy (non-hydrogen) atoms. The van der Waals surface area contributed by atoms with Crippen LogP contribution >= 0.6 is 11.6 Å². The van der Waals surface area contributed by atoms with Crippen molar-refractivity contribution in [2.75, 3.05) is 26.4 Å². The number of carbonyl (C=O) groups is 3. The van der Waals surface area contributed by atoms with E-state index in [-0.39, 0.29) is 47.7 Å². The molecule has 10 nitrogen and oxygen atoms in total. The summed E-state index contributed by atoms with van der Waals surface area (Å²) < 4.78 is 16.6. The van der Waals surface area contributed by atoms with Crippen molar-refractivity contribution in [3.05, 3.63) is 104 Å². The number of hydrogen-bond donors (Lipinski definition) is 1. The number of fused-ring (bicyclic) bond motifs is 2. The molecule has 2 saturated heterocycles. The molecule has 0 unspecified atom stereocenters. The Morgan fingerprint density at radius 1 is 0.917 bits per heavy atom. The second-order valence-corrected chi connectivity index (χ2v) is 13.0. The largest absolute Gasteiger partial charge is 0.454 e. The third-order valence-corrected chi connectivity index (χ3v) is 9.74. The molecule has 3 aromatic carbocycles. The quantitative estimate of drug-likeness (QED) is 0.266. The molecule has 7 rings (SSSR count). The summed E-state index contributed by atoms with van der Waals surface area (Å²) in [6, 6.07) is 18.7. The summed E-state index contributed by atoms with van der Waals surface area (Å²) in [4.78, 5) is 56.8. The number of piperidine rings is 2. The summed E-state index contributed by atoms with van der Waals surface area (Å²) in [5.41, 5.74) is 2.98. The van der Waals surface area contributed by atoms with Gasteiger partial charge in [0.2, 0.25) is 18.6 Å². The highest BCUT2D eigenvalue weighted by molar-refractivity contribution is 6.30. The van der Waals surface area contributed by atoms with Crippen molar-refractivity contribution in [2.24, 2.45) is 0 Å². The molecular formula is C37H36ClN3O7. The van der Waals surface area contributed by atoms with Gasteiger partial charge in [-0.3, -0.25) is 19.2 Å². The second-order valence-electron chi connectivity index (χ2n) is 12.6. The Labute approximate surface area is 282 Å². The van der Waals surface area contributed by atoms with E-state index in [9.17, 15) is 19.2 Å². The maximum Gasteiger partial charge on any atom is 0.287 e. The first-order valence-corrected chi connectivity index (χ1v) is 16.8. The van der Waals surface area contributed by atoms with Crippen LogP contribution in [0.25, 0.3) is 11.0 Å². The number of ether oxygens (including phenoxy) is 2. The summed E-state index contributed by atoms with van der Waals surface area (Å²) in [6.07, 6.45) is 4.33. The molecular weight excluding hydrogens is 634 g/mol. The number of nitrogens with zero attached hydrogens (tertiary/aromatic N) is 2. The van der Waals surface area contributed by atoms with Gasteiger partial charge in [0, 0.05) is 56.2 Å². The first kappa shape index (κ1) is 31.8. The number of rotatable bonds is 8. The zero-order chi connectivity index (χ0) is 33.2. The number of nitrogens with one attached hydrogen (secondary N) is 1. The molecule has 2 fully saturated rings. The van der Waals surface area contributed by atoms with Gasteiger partial charge in [0.25, 0.3) is 5.91 Å². The second kappa shape index (κ2) is 13.7. The van der Waals surface area contributed by atoms with Crippen LogP contribution in [0.3, 0.4) is 0 Å². The van der Waals surface area contributed by atoms with E-state index in [0.29, 0.717) is 42.6 Å². The number of carbonyl (C=O) groups excluding carboxylic acids is 3. The Kier molecular flexibility index (Phi) is 9.08. The van der Waals surface area contributed by atoms with Gasteiger partial charge in [-0.2, -0.15) is 0 Å². The van der Waals surface area contributed by atoms with Gasteiger partial charge in [0.05, 0.1) is 5.39 Å². The fourth-order valence-corrected chi connectivity index (χ4v) is 7.01. The molecule has 0 bridgehead atoms. The third-order valence-electron chi connectivity index (χ3n) is 9.49. The van der Waals surface area contributed by atoms with Gasteiger partial charge >= 0.3 is 0 Å². The predicted molar refractivity (Wildman–Crippen MR) is 179 cm³/mol. The topological polar surface area (TPSA) is 118 Å². The first-order valence-electron chi connectivity index (χ1n) is 16.4. The highest BCUT2D eigenvalue weighted by Crippen LogP contribution is 2.35. The number of benzene rings is 3. The highest BCUT2D eigenvalue weighted by atomic mass is 35.5. The monoisotopic (exact) mass is 669 g/mol. The van der Waals surface area contributed by atoms with Gasteiger partial charge in [0.1, 0.15) is 11.6 Å². The van der Waals surface area contributed by atoms with E-state index in [1.165, 1.54) is 17.7 Å². The minimum Gasteiger partial charge on any atom is -0.454 e. The lowest BCUT2D eigenvalue weighted by molar-refractivity contribution is -0.135. The van der Waals surface area contributed by atoms with E-state index in [2.05, 4.69) is 17.4 Å². The number of likely N-dealkylation sites (tertiary alicyclic amines) is 2. The Bertz CT molecular complexity index is 1920. The number of halogens is 1. The molecule has 0 saturated carbocycles. The van der Waals surface area contributed by atoms with Crippen molar-refractivity contribution in [3.8, 4) is 11.5 Å². The van der Waals surface area contributed by atoms with Gasteiger partial charge in [-0.15, -0.1) is 0 Å². The van der Waals surface area contributed by atoms with E-state index >= 15 is 0 Å². The lowest BCUT2D eigenvalue weighted by Gasteiger charge is -2.36. The van der Waals surface area contributed by atoms with Gasteiger partial charge in [-0.1, -0.05) is 48.0 Å². The normalized spacial score (nSPS) is 17.1. The summed E-state index contributed by atoms with van der Waals surface area (Å²) in [7, 11) is 0. The number of amides is 3. The van der Waals surface area contributed by atoms with Crippen LogP contribution in [0.15, 0.2) is 75.9 Å². The molecule has 3 aliphatic rings. The van der Waals surface area contributed by atoms with Crippen LogP contribution in [-0.2, 0) is 22.6 Å². The van der Waals surface area contributed by atoms with Crippen molar-refractivity contribution in [3.63, 3.8) is 0 Å². The molecule has 1 N–H and O–H groups in total. The van der Waals surface area contributed by atoms with Crippen molar-refractivity contribution in [2.45, 2.75) is 57.0 Å². The summed E-state index contributed by atoms with van der Waals surface area (Å²) >= 11 is 6.11. The maximum atomic E-state index is 14.1. The van der Waals surface area contributed by atoms with Crippen molar-refractivity contribution >= 4 is 40.3 Å². The Balaban J connectivity index is 1.07. The molecule has 248 valence electrons. The molecule has 1 aromatic heterocycles. The average Bonchev–Trinajstić information content (AvgIpc) is 3.57. The smallest absolute Gasteiger partial charge is 0.287 e. The van der Waals surface area contributed by atoms with E-state index < -0.39 is 17.4 Å².